The number of hydrogen-bond acceptors (Lipinski definition) is 2. The van der Waals surface area contributed by atoms with Crippen LogP contribution in [0.1, 0.15) is 17.4 Å². The fraction of sp³-hybridized carbons (Fsp3) is 0.250. The number of aliphatic hydroxyl groups excluding tert-OH is 1. The van der Waals surface area contributed by atoms with Gasteiger partial charge in [-0.25, -0.2) is 0 Å². The van der Waals surface area contributed by atoms with Gasteiger partial charge in [-0.3, -0.25) is 0 Å². The van der Waals surface area contributed by atoms with Crippen LogP contribution in [0.5, 0.6) is 0 Å². The third-order valence-corrected chi connectivity index (χ3v) is 3.88. The number of hydrogen-bond donors (Lipinski definition) is 1. The monoisotopic (exact) mass is 264 g/mol. The Morgan fingerprint density at radius 1 is 1.83 bits per heavy atom. The highest BCUT2D eigenvalue weighted by atomic mass is 79.9. The van der Waals surface area contributed by atoms with Crippen molar-refractivity contribution in [3.8, 4) is 12.3 Å². The number of terminal acetylenes is 1. The summed E-state index contributed by atoms with van der Waals surface area (Å²) in [6.07, 6.45) is 4.79. The zero-order chi connectivity index (χ0) is 9.14. The molecule has 0 aliphatic carbocycles. The van der Waals surface area contributed by atoms with E-state index >= 15 is 0 Å². The lowest BCUT2D eigenvalue weighted by molar-refractivity contribution is 0.188. The summed E-state index contributed by atoms with van der Waals surface area (Å²) in [6.45, 7) is 0. The highest BCUT2D eigenvalue weighted by Gasteiger charge is 2.11. The number of halogens is 2. The van der Waals surface area contributed by atoms with E-state index in [4.69, 9.17) is 18.0 Å². The molecule has 0 aliphatic rings. The first-order valence-electron chi connectivity index (χ1n) is 3.21. The second-order valence-corrected chi connectivity index (χ2v) is 4.73. The molecule has 1 N–H and O–H groups in total. The van der Waals surface area contributed by atoms with Gasteiger partial charge >= 0.3 is 0 Å². The molecule has 1 aromatic heterocycles. The molecule has 0 saturated carbocycles. The summed E-state index contributed by atoms with van der Waals surface area (Å²) >= 11 is 10.4. The summed E-state index contributed by atoms with van der Waals surface area (Å²) in [6, 6.07) is 1.79. The Morgan fingerprint density at radius 3 is 2.92 bits per heavy atom. The fourth-order valence-electron chi connectivity index (χ4n) is 0.740. The molecule has 1 nitrogen and oxygen atoms in total. The summed E-state index contributed by atoms with van der Waals surface area (Å²) in [4.78, 5) is 0.796. The lowest BCUT2D eigenvalue weighted by Gasteiger charge is -2.01. The van der Waals surface area contributed by atoms with Gasteiger partial charge in [0.1, 0.15) is 4.34 Å². The van der Waals surface area contributed by atoms with Crippen molar-refractivity contribution >= 4 is 38.9 Å². The molecule has 0 bridgehead atoms. The van der Waals surface area contributed by atoms with E-state index in [1.165, 1.54) is 11.3 Å². The van der Waals surface area contributed by atoms with Crippen molar-refractivity contribution in [1.29, 1.82) is 0 Å². The third-order valence-electron chi connectivity index (χ3n) is 1.30. The second kappa shape index (κ2) is 4.29. The van der Waals surface area contributed by atoms with Crippen LogP contribution in [0.4, 0.5) is 0 Å². The van der Waals surface area contributed by atoms with Gasteiger partial charge in [0.05, 0.1) is 6.10 Å². The van der Waals surface area contributed by atoms with Gasteiger partial charge in [-0.05, 0) is 22.0 Å². The Kier molecular flexibility index (Phi) is 3.60. The van der Waals surface area contributed by atoms with Crippen LogP contribution in [-0.4, -0.2) is 5.11 Å². The molecule has 1 unspecified atom stereocenters. The van der Waals surface area contributed by atoms with Gasteiger partial charge in [0, 0.05) is 15.8 Å². The van der Waals surface area contributed by atoms with E-state index in [9.17, 15) is 5.11 Å². The molecule has 0 amide bonds. The summed E-state index contributed by atoms with van der Waals surface area (Å²) in [5.74, 6) is 2.39. The summed E-state index contributed by atoms with van der Waals surface area (Å²) in [5, 5.41) is 9.45. The molecule has 1 heterocycles. The minimum atomic E-state index is -0.594. The van der Waals surface area contributed by atoms with Gasteiger partial charge in [0.2, 0.25) is 0 Å². The Hall–Kier alpha value is -0.0100. The average molecular weight is 266 g/mol. The van der Waals surface area contributed by atoms with E-state index in [0.29, 0.717) is 10.8 Å². The van der Waals surface area contributed by atoms with E-state index < -0.39 is 6.10 Å². The zero-order valence-electron chi connectivity index (χ0n) is 6.05. The van der Waals surface area contributed by atoms with Crippen LogP contribution in [0.25, 0.3) is 0 Å². The predicted molar refractivity (Wildman–Crippen MR) is 55.4 cm³/mol. The van der Waals surface area contributed by atoms with E-state index in [1.54, 1.807) is 6.07 Å². The molecule has 0 saturated heterocycles. The van der Waals surface area contributed by atoms with Crippen LogP contribution in [0, 0.1) is 12.3 Å². The van der Waals surface area contributed by atoms with Crippen LogP contribution in [0.3, 0.4) is 0 Å². The summed E-state index contributed by atoms with van der Waals surface area (Å²) < 4.78 is 1.45. The van der Waals surface area contributed by atoms with Crippen LogP contribution >= 0.6 is 38.9 Å². The number of rotatable bonds is 2. The van der Waals surface area contributed by atoms with Gasteiger partial charge in [-0.1, -0.05) is 11.6 Å². The Balaban J connectivity index is 2.83. The quantitative estimate of drug-likeness (QED) is 0.814. The summed E-state index contributed by atoms with van der Waals surface area (Å²) in [5.41, 5.74) is 0. The Bertz CT molecular complexity index is 296. The van der Waals surface area contributed by atoms with Crippen LogP contribution in [0.15, 0.2) is 10.5 Å². The maximum Gasteiger partial charge on any atom is 0.107 e. The minimum absolute atomic E-state index is 0.323. The SMILES string of the molecule is C#CCC(O)c1cc(Br)c(Cl)s1. The van der Waals surface area contributed by atoms with Gasteiger partial charge < -0.3 is 5.11 Å². The standard InChI is InChI=1S/C8H6BrClOS/c1-2-3-6(11)7-4-5(9)8(10)12-7/h1,4,6,11H,3H2. The van der Waals surface area contributed by atoms with Crippen LogP contribution in [-0.2, 0) is 0 Å². The average Bonchev–Trinajstić information content (AvgIpc) is 2.33. The molecule has 12 heavy (non-hydrogen) atoms. The van der Waals surface area contributed by atoms with Crippen molar-refractivity contribution in [2.75, 3.05) is 0 Å². The molecule has 4 heteroatoms. The first-order chi connectivity index (χ1) is 5.65. The van der Waals surface area contributed by atoms with Gasteiger partial charge in [-0.15, -0.1) is 23.7 Å². The van der Waals surface area contributed by atoms with Crippen molar-refractivity contribution in [3.05, 3.63) is 19.8 Å². The van der Waals surface area contributed by atoms with Gasteiger partial charge in [0.15, 0.2) is 0 Å². The maximum absolute atomic E-state index is 9.45. The van der Waals surface area contributed by atoms with Crippen LogP contribution < -0.4 is 0 Å². The first-order valence-corrected chi connectivity index (χ1v) is 5.20. The van der Waals surface area contributed by atoms with Crippen molar-refractivity contribution < 1.29 is 5.11 Å². The van der Waals surface area contributed by atoms with Crippen LogP contribution in [0.2, 0.25) is 4.34 Å². The highest BCUT2D eigenvalue weighted by Crippen LogP contribution is 2.35. The second-order valence-electron chi connectivity index (χ2n) is 2.19. The summed E-state index contributed by atoms with van der Waals surface area (Å²) in [7, 11) is 0. The molecule has 1 atom stereocenters. The van der Waals surface area contributed by atoms with Crippen molar-refractivity contribution in [3.63, 3.8) is 0 Å². The molecule has 0 aliphatic heterocycles. The molecule has 1 aromatic rings. The van der Waals surface area contributed by atoms with E-state index in [2.05, 4.69) is 21.9 Å². The number of aliphatic hydroxyl groups is 1. The molecular formula is C8H6BrClOS. The van der Waals surface area contributed by atoms with Gasteiger partial charge in [-0.2, -0.15) is 0 Å². The lowest BCUT2D eigenvalue weighted by Crippen LogP contribution is -1.90. The third kappa shape index (κ3) is 2.24. The minimum Gasteiger partial charge on any atom is -0.387 e. The molecule has 0 radical (unpaired) electrons. The van der Waals surface area contributed by atoms with Crippen molar-refractivity contribution in [2.45, 2.75) is 12.5 Å². The maximum atomic E-state index is 9.45. The largest absolute Gasteiger partial charge is 0.387 e. The highest BCUT2D eigenvalue weighted by molar-refractivity contribution is 9.10. The predicted octanol–water partition coefficient (Wildman–Crippen LogP) is 3.22. The normalized spacial score (nSPS) is 12.5. The molecular weight excluding hydrogens is 260 g/mol. The van der Waals surface area contributed by atoms with Crippen molar-refractivity contribution in [1.82, 2.24) is 0 Å². The van der Waals surface area contributed by atoms with Gasteiger partial charge in [0.25, 0.3) is 0 Å². The zero-order valence-corrected chi connectivity index (χ0v) is 9.21. The van der Waals surface area contributed by atoms with E-state index in [0.717, 1.165) is 9.35 Å². The molecule has 1 rings (SSSR count). The Labute approximate surface area is 88.5 Å². The molecule has 0 spiro atoms. The van der Waals surface area contributed by atoms with E-state index in [1.807, 2.05) is 0 Å². The van der Waals surface area contributed by atoms with E-state index in [-0.39, 0.29) is 0 Å². The molecule has 0 aromatic carbocycles. The smallest absolute Gasteiger partial charge is 0.107 e. The molecule has 64 valence electrons. The topological polar surface area (TPSA) is 20.2 Å². The fourth-order valence-corrected chi connectivity index (χ4v) is 2.46. The Morgan fingerprint density at radius 2 is 2.50 bits per heavy atom. The van der Waals surface area contributed by atoms with Crippen molar-refractivity contribution in [2.24, 2.45) is 0 Å². The first kappa shape index (κ1) is 10.1. The lowest BCUT2D eigenvalue weighted by atomic mass is 10.2. The molecule has 0 fully saturated rings. The number of thiophene rings is 1.